The van der Waals surface area contributed by atoms with Crippen LogP contribution in [0.3, 0.4) is 0 Å². The third-order valence-electron chi connectivity index (χ3n) is 12.2. The Labute approximate surface area is 339 Å². The van der Waals surface area contributed by atoms with Gasteiger partial charge in [0.15, 0.2) is 0 Å². The number of β-amino-alcohol motifs (C(OH)–C–C–N with tert-alkyl or cyclic N) is 1. The van der Waals surface area contributed by atoms with Crippen LogP contribution < -0.4 is 15.5 Å². The predicted octanol–water partition coefficient (Wildman–Crippen LogP) is 3.26. The van der Waals surface area contributed by atoms with E-state index in [-0.39, 0.29) is 49.2 Å². The molecule has 1 aromatic carbocycles. The maximum absolute atomic E-state index is 14.2. The fourth-order valence-corrected chi connectivity index (χ4v) is 9.72. The third-order valence-corrected chi connectivity index (χ3v) is 13.2. The molecule has 2 aromatic heterocycles. The number of hydrogen-bond donors (Lipinski definition) is 3. The van der Waals surface area contributed by atoms with Gasteiger partial charge in [0, 0.05) is 69.9 Å². The number of benzene rings is 1. The largest absolute Gasteiger partial charge is 0.465 e. The van der Waals surface area contributed by atoms with Crippen LogP contribution in [0, 0.1) is 17.8 Å². The summed E-state index contributed by atoms with van der Waals surface area (Å²) in [5, 5.41) is 16.7. The monoisotopic (exact) mass is 800 g/mol. The van der Waals surface area contributed by atoms with Gasteiger partial charge in [-0.05, 0) is 55.4 Å². The van der Waals surface area contributed by atoms with Crippen molar-refractivity contribution in [3.05, 3.63) is 64.9 Å². The molecule has 4 fully saturated rings. The number of likely N-dealkylation sites (tertiary alicyclic amines) is 1. The van der Waals surface area contributed by atoms with Crippen molar-refractivity contribution in [2.45, 2.75) is 84.2 Å². The average molecular weight is 801 g/mol. The first-order chi connectivity index (χ1) is 27.1. The number of aryl methyl sites for hydroxylation is 1. The average Bonchev–Trinajstić information content (AvgIpc) is 3.77. The lowest BCUT2D eigenvalue weighted by atomic mass is 9.60. The van der Waals surface area contributed by atoms with E-state index in [1.165, 1.54) is 12.0 Å². The molecule has 4 aliphatic rings. The van der Waals surface area contributed by atoms with E-state index in [4.69, 9.17) is 4.74 Å². The summed E-state index contributed by atoms with van der Waals surface area (Å²) in [6, 6.07) is 10.1. The maximum atomic E-state index is 14.2. The Balaban J connectivity index is 0.872. The number of carbonyl (C=O) groups excluding carboxylic acids is 4. The molecule has 1 aliphatic carbocycles. The summed E-state index contributed by atoms with van der Waals surface area (Å²) < 4.78 is 4.77. The van der Waals surface area contributed by atoms with E-state index in [2.05, 4.69) is 35.3 Å². The summed E-state index contributed by atoms with van der Waals surface area (Å²) in [6.45, 7) is 15.0. The molecule has 306 valence electrons. The lowest BCUT2D eigenvalue weighted by Crippen LogP contribution is -2.68. The van der Waals surface area contributed by atoms with Crippen molar-refractivity contribution >= 4 is 40.8 Å². The number of amides is 3. The molecule has 1 saturated carbocycles. The molecule has 3 amide bonds. The molecular formula is C42H56N8O6S. The van der Waals surface area contributed by atoms with Crippen molar-refractivity contribution in [2.24, 2.45) is 10.8 Å². The number of aliphatic hydroxyl groups excluding tert-OH is 1. The number of aromatic nitrogens is 2. The van der Waals surface area contributed by atoms with Gasteiger partial charge in [-0.3, -0.25) is 24.2 Å². The van der Waals surface area contributed by atoms with Crippen LogP contribution in [-0.2, 0) is 19.1 Å². The predicted molar refractivity (Wildman–Crippen MR) is 218 cm³/mol. The highest BCUT2D eigenvalue weighted by molar-refractivity contribution is 7.13. The molecule has 3 saturated heterocycles. The van der Waals surface area contributed by atoms with Crippen LogP contribution in [0.25, 0.3) is 10.4 Å². The number of aliphatic hydroxyl groups is 1. The third kappa shape index (κ3) is 8.86. The van der Waals surface area contributed by atoms with Crippen molar-refractivity contribution in [3.8, 4) is 10.4 Å². The quantitative estimate of drug-likeness (QED) is 0.245. The Morgan fingerprint density at radius 2 is 1.70 bits per heavy atom. The van der Waals surface area contributed by atoms with Crippen molar-refractivity contribution in [2.75, 3.05) is 64.4 Å². The van der Waals surface area contributed by atoms with Gasteiger partial charge >= 0.3 is 5.97 Å². The van der Waals surface area contributed by atoms with Gasteiger partial charge in [0.2, 0.25) is 17.7 Å². The summed E-state index contributed by atoms with van der Waals surface area (Å²) in [5.74, 6) is -0.427. The molecule has 1 spiro atoms. The highest BCUT2D eigenvalue weighted by atomic mass is 32.1. The first-order valence-corrected chi connectivity index (χ1v) is 20.9. The van der Waals surface area contributed by atoms with Crippen molar-refractivity contribution in [3.63, 3.8) is 0 Å². The van der Waals surface area contributed by atoms with Crippen molar-refractivity contribution in [1.82, 2.24) is 35.3 Å². The second-order valence-corrected chi connectivity index (χ2v) is 18.4. The number of rotatable bonds is 11. The van der Waals surface area contributed by atoms with Gasteiger partial charge in [0.25, 0.3) is 0 Å². The van der Waals surface area contributed by atoms with Crippen molar-refractivity contribution in [1.29, 1.82) is 0 Å². The van der Waals surface area contributed by atoms with Gasteiger partial charge in [0.05, 0.1) is 47.4 Å². The number of anilines is 1. The second-order valence-electron chi connectivity index (χ2n) is 17.5. The number of ether oxygens (including phenoxy) is 1. The molecule has 15 heteroatoms. The first kappa shape index (κ1) is 40.7. The molecular weight excluding hydrogens is 745 g/mol. The summed E-state index contributed by atoms with van der Waals surface area (Å²) in [5.41, 5.74) is 4.92. The highest BCUT2D eigenvalue weighted by Crippen LogP contribution is 2.51. The van der Waals surface area contributed by atoms with E-state index in [9.17, 15) is 24.3 Å². The molecule has 0 radical (unpaired) electrons. The number of thiazole rings is 1. The normalized spacial score (nSPS) is 22.4. The molecule has 3 aromatic rings. The van der Waals surface area contributed by atoms with E-state index in [0.717, 1.165) is 79.6 Å². The number of piperazine rings is 1. The molecule has 14 nitrogen and oxygen atoms in total. The van der Waals surface area contributed by atoms with Crippen LogP contribution in [0.2, 0.25) is 0 Å². The molecule has 0 bridgehead atoms. The number of hydrogen-bond acceptors (Lipinski definition) is 12. The van der Waals surface area contributed by atoms with E-state index in [1.807, 2.05) is 70.5 Å². The Hall–Kier alpha value is -4.44. The molecule has 3 aliphatic heterocycles. The lowest BCUT2D eigenvalue weighted by Gasteiger charge is -2.62. The fourth-order valence-electron chi connectivity index (χ4n) is 8.91. The van der Waals surface area contributed by atoms with E-state index >= 15 is 0 Å². The summed E-state index contributed by atoms with van der Waals surface area (Å²) >= 11 is 1.59. The number of pyridine rings is 1. The molecule has 5 heterocycles. The Morgan fingerprint density at radius 1 is 1.00 bits per heavy atom. The summed E-state index contributed by atoms with van der Waals surface area (Å²) in [7, 11) is 1.36. The smallest absolute Gasteiger partial charge is 0.339 e. The first-order valence-electron chi connectivity index (χ1n) is 20.0. The SMILES string of the molecule is COC(=O)c1ccc(N2CC3(CC(N4CCN(CC(=O)N[C@H](C(=O)N5C[C@H](O)C[C@H]5C(=O)N[C@@H](C)c5ccc(-c6scnc6C)cc5)C(C)(C)C)CC4)C3)C2)nc1. The minimum Gasteiger partial charge on any atom is -0.465 e. The highest BCUT2D eigenvalue weighted by Gasteiger charge is 2.54. The van der Waals surface area contributed by atoms with Crippen LogP contribution in [-0.4, -0.2) is 137 Å². The van der Waals surface area contributed by atoms with Crippen LogP contribution in [0.5, 0.6) is 0 Å². The van der Waals surface area contributed by atoms with Gasteiger partial charge in [-0.15, -0.1) is 11.3 Å². The Bertz CT molecular complexity index is 1930. The summed E-state index contributed by atoms with van der Waals surface area (Å²) in [4.78, 5) is 71.4. The number of methoxy groups -OCH3 is 1. The zero-order chi connectivity index (χ0) is 40.6. The van der Waals surface area contributed by atoms with Crippen molar-refractivity contribution < 1.29 is 29.0 Å². The molecule has 57 heavy (non-hydrogen) atoms. The minimum absolute atomic E-state index is 0.0279. The van der Waals surface area contributed by atoms with E-state index < -0.39 is 23.6 Å². The molecule has 7 rings (SSSR count). The van der Waals surface area contributed by atoms with E-state index in [0.29, 0.717) is 17.0 Å². The molecule has 4 atom stereocenters. The zero-order valence-electron chi connectivity index (χ0n) is 33.9. The number of nitrogens with zero attached hydrogens (tertiary/aromatic N) is 6. The number of esters is 1. The van der Waals surface area contributed by atoms with Gasteiger partial charge in [-0.2, -0.15) is 0 Å². The van der Waals surface area contributed by atoms with Gasteiger partial charge < -0.3 is 30.3 Å². The molecule has 3 N–H and O–H groups in total. The van der Waals surface area contributed by atoms with Crippen LogP contribution in [0.15, 0.2) is 48.1 Å². The fraction of sp³-hybridized carbons (Fsp3) is 0.571. The van der Waals surface area contributed by atoms with Gasteiger partial charge in [0.1, 0.15) is 17.9 Å². The number of nitrogens with one attached hydrogen (secondary N) is 2. The van der Waals surface area contributed by atoms with Gasteiger partial charge in [-0.1, -0.05) is 45.0 Å². The second kappa shape index (κ2) is 16.4. The number of carbonyl (C=O) groups is 4. The topological polar surface area (TPSA) is 161 Å². The summed E-state index contributed by atoms with van der Waals surface area (Å²) in [6.07, 6.45) is 3.15. The Morgan fingerprint density at radius 3 is 2.30 bits per heavy atom. The van der Waals surface area contributed by atoms with Crippen LogP contribution >= 0.6 is 11.3 Å². The Kier molecular flexibility index (Phi) is 11.7. The minimum atomic E-state index is -0.874. The zero-order valence-corrected chi connectivity index (χ0v) is 34.7. The van der Waals surface area contributed by atoms with Crippen LogP contribution in [0.4, 0.5) is 5.82 Å². The van der Waals surface area contributed by atoms with Crippen LogP contribution in [0.1, 0.15) is 74.6 Å². The lowest BCUT2D eigenvalue weighted by molar-refractivity contribution is -0.144. The maximum Gasteiger partial charge on any atom is 0.339 e. The van der Waals surface area contributed by atoms with Gasteiger partial charge in [-0.25, -0.2) is 14.8 Å². The standard InChI is InChI=1S/C42H56N8O6S/c1-26(28-7-9-29(10-8-28)36-27(2)44-25-57-36)45-38(53)33-17-32(51)21-50(33)39(54)37(41(3,4)5)46-35(52)22-47-13-15-48(16-14-47)31-18-42(19-31)23-49(24-42)34-12-11-30(20-43-34)40(55)56-6/h7-12,20,25-26,31-33,37,51H,13-19,21-24H2,1-6H3,(H,45,53)(H,46,52)/t26-,32+,33-,37+/m0/s1. The molecule has 0 unspecified atom stereocenters. The van der Waals surface area contributed by atoms with E-state index in [1.54, 1.807) is 23.6 Å².